The Hall–Kier alpha value is -2.89. The summed E-state index contributed by atoms with van der Waals surface area (Å²) in [5, 5.41) is 10.4. The van der Waals surface area contributed by atoms with Crippen LogP contribution in [0.1, 0.15) is 23.5 Å². The van der Waals surface area contributed by atoms with Crippen molar-refractivity contribution in [2.75, 3.05) is 5.32 Å². The Bertz CT molecular complexity index is 806. The molecular weight excluding hydrogens is 294 g/mol. The largest absolute Gasteiger partial charge is 0.466 e. The van der Waals surface area contributed by atoms with E-state index in [1.54, 1.807) is 0 Å². The monoisotopic (exact) mass is 311 g/mol. The molecule has 0 atom stereocenters. The summed E-state index contributed by atoms with van der Waals surface area (Å²) < 4.78 is 10.9. The maximum Gasteiger partial charge on any atom is 0.322 e. The van der Waals surface area contributed by atoms with Crippen LogP contribution in [0.2, 0.25) is 0 Å². The van der Waals surface area contributed by atoms with Gasteiger partial charge in [-0.05, 0) is 31.9 Å². The minimum absolute atomic E-state index is 0.0938. The molecule has 2 heterocycles. The molecule has 6 heteroatoms. The Morgan fingerprint density at radius 2 is 1.91 bits per heavy atom. The van der Waals surface area contributed by atoms with Gasteiger partial charge in [-0.3, -0.25) is 10.1 Å². The Kier molecular flexibility index (Phi) is 4.23. The van der Waals surface area contributed by atoms with E-state index >= 15 is 0 Å². The smallest absolute Gasteiger partial charge is 0.322 e. The summed E-state index contributed by atoms with van der Waals surface area (Å²) in [6.45, 7) is 3.67. The molecule has 0 aliphatic heterocycles. The number of aryl methyl sites for hydroxylation is 3. The minimum Gasteiger partial charge on any atom is -0.466 e. The van der Waals surface area contributed by atoms with E-state index < -0.39 is 0 Å². The fourth-order valence-electron chi connectivity index (χ4n) is 2.31. The second kappa shape index (κ2) is 6.48. The zero-order valence-corrected chi connectivity index (χ0v) is 13.0. The van der Waals surface area contributed by atoms with Gasteiger partial charge in [-0.1, -0.05) is 35.4 Å². The number of benzene rings is 1. The van der Waals surface area contributed by atoms with Crippen molar-refractivity contribution in [2.24, 2.45) is 0 Å². The van der Waals surface area contributed by atoms with E-state index in [0.717, 1.165) is 16.9 Å². The lowest BCUT2D eigenvalue weighted by Crippen LogP contribution is -2.12. The molecule has 2 aromatic heterocycles. The highest BCUT2D eigenvalue weighted by Gasteiger charge is 2.15. The van der Waals surface area contributed by atoms with Crippen molar-refractivity contribution in [3.8, 4) is 11.5 Å². The maximum atomic E-state index is 11.9. The zero-order valence-electron chi connectivity index (χ0n) is 13.0. The maximum absolute atomic E-state index is 11.9. The first-order valence-electron chi connectivity index (χ1n) is 7.36. The predicted molar refractivity (Wildman–Crippen MR) is 84.9 cm³/mol. The van der Waals surface area contributed by atoms with Gasteiger partial charge in [-0.2, -0.15) is 0 Å². The third-order valence-electron chi connectivity index (χ3n) is 3.43. The topological polar surface area (TPSA) is 81.2 Å². The van der Waals surface area contributed by atoms with Crippen molar-refractivity contribution in [1.29, 1.82) is 0 Å². The number of anilines is 1. The van der Waals surface area contributed by atoms with E-state index in [0.29, 0.717) is 24.5 Å². The lowest BCUT2D eigenvalue weighted by Gasteiger charge is -2.01. The average molecular weight is 311 g/mol. The molecule has 0 saturated carbocycles. The van der Waals surface area contributed by atoms with E-state index in [9.17, 15) is 4.79 Å². The van der Waals surface area contributed by atoms with Gasteiger partial charge in [-0.25, -0.2) is 0 Å². The van der Waals surface area contributed by atoms with Gasteiger partial charge in [0.15, 0.2) is 0 Å². The molecule has 118 valence electrons. The number of carbonyl (C=O) groups is 1. The highest BCUT2D eigenvalue weighted by molar-refractivity contribution is 5.88. The molecule has 0 saturated heterocycles. The van der Waals surface area contributed by atoms with E-state index in [1.165, 1.54) is 0 Å². The summed E-state index contributed by atoms with van der Waals surface area (Å²) in [7, 11) is 0. The first-order chi connectivity index (χ1) is 11.1. The fraction of sp³-hybridized carbons (Fsp3) is 0.235. The summed E-state index contributed by atoms with van der Waals surface area (Å²) >= 11 is 0. The van der Waals surface area contributed by atoms with Crippen molar-refractivity contribution in [3.63, 3.8) is 0 Å². The summed E-state index contributed by atoms with van der Waals surface area (Å²) in [5.41, 5.74) is 1.85. The van der Waals surface area contributed by atoms with Crippen LogP contribution in [0, 0.1) is 13.8 Å². The number of nitrogens with one attached hydrogen (secondary N) is 1. The van der Waals surface area contributed by atoms with E-state index in [4.69, 9.17) is 8.83 Å². The second-order valence-corrected chi connectivity index (χ2v) is 5.27. The first-order valence-corrected chi connectivity index (χ1v) is 7.36. The van der Waals surface area contributed by atoms with Gasteiger partial charge in [0.1, 0.15) is 11.5 Å². The van der Waals surface area contributed by atoms with Crippen LogP contribution in [0.5, 0.6) is 0 Å². The number of hydrogen-bond donors (Lipinski definition) is 1. The molecule has 0 bridgehead atoms. The molecule has 1 N–H and O–H groups in total. The predicted octanol–water partition coefficient (Wildman–Crippen LogP) is 3.52. The first kappa shape index (κ1) is 15.0. The van der Waals surface area contributed by atoms with Crippen LogP contribution >= 0.6 is 0 Å². The number of aromatic nitrogens is 2. The van der Waals surface area contributed by atoms with Gasteiger partial charge < -0.3 is 8.83 Å². The van der Waals surface area contributed by atoms with Crippen LogP contribution in [0.25, 0.3) is 11.5 Å². The van der Waals surface area contributed by atoms with Crippen molar-refractivity contribution >= 4 is 11.9 Å². The Balaban J connectivity index is 1.60. The van der Waals surface area contributed by atoms with Crippen LogP contribution in [0.15, 0.2) is 45.2 Å². The van der Waals surface area contributed by atoms with E-state index in [-0.39, 0.29) is 11.9 Å². The van der Waals surface area contributed by atoms with Gasteiger partial charge in [-0.15, -0.1) is 5.10 Å². The second-order valence-electron chi connectivity index (χ2n) is 5.27. The third-order valence-corrected chi connectivity index (χ3v) is 3.43. The molecule has 1 aromatic carbocycles. The lowest BCUT2D eigenvalue weighted by atomic mass is 10.1. The highest BCUT2D eigenvalue weighted by Crippen LogP contribution is 2.26. The molecule has 3 aromatic rings. The highest BCUT2D eigenvalue weighted by atomic mass is 16.4. The quantitative estimate of drug-likeness (QED) is 0.779. The number of amides is 1. The fourth-order valence-corrected chi connectivity index (χ4v) is 2.31. The van der Waals surface area contributed by atoms with Crippen LogP contribution < -0.4 is 5.32 Å². The normalized spacial score (nSPS) is 10.7. The number of rotatable bonds is 5. The van der Waals surface area contributed by atoms with Crippen LogP contribution in [0.3, 0.4) is 0 Å². The number of furan rings is 1. The molecule has 1 amide bonds. The molecule has 0 unspecified atom stereocenters. The molecule has 0 aliphatic carbocycles. The molecular formula is C17H17N3O3. The number of hydrogen-bond acceptors (Lipinski definition) is 5. The summed E-state index contributed by atoms with van der Waals surface area (Å²) in [6, 6.07) is 11.7. The summed E-state index contributed by atoms with van der Waals surface area (Å²) in [5.74, 6) is 1.64. The molecule has 0 radical (unpaired) electrons. The lowest BCUT2D eigenvalue weighted by molar-refractivity contribution is -0.116. The molecule has 0 fully saturated rings. The van der Waals surface area contributed by atoms with Crippen LogP contribution in [-0.4, -0.2) is 16.1 Å². The minimum atomic E-state index is -0.163. The van der Waals surface area contributed by atoms with Crippen molar-refractivity contribution in [1.82, 2.24) is 10.2 Å². The molecule has 0 aliphatic rings. The SMILES string of the molecule is Cc1cc(-c2nnc(NC(=O)CCc3ccccc3)o2)c(C)o1. The molecule has 23 heavy (non-hydrogen) atoms. The van der Waals surface area contributed by atoms with Gasteiger partial charge >= 0.3 is 6.01 Å². The Labute approximate surface area is 133 Å². The summed E-state index contributed by atoms with van der Waals surface area (Å²) in [4.78, 5) is 11.9. The van der Waals surface area contributed by atoms with Crippen molar-refractivity contribution in [2.45, 2.75) is 26.7 Å². The molecule has 3 rings (SSSR count). The molecule has 0 spiro atoms. The summed E-state index contributed by atoms with van der Waals surface area (Å²) in [6.07, 6.45) is 1.01. The van der Waals surface area contributed by atoms with Gasteiger partial charge in [0.05, 0.1) is 5.56 Å². The van der Waals surface area contributed by atoms with Crippen LogP contribution in [-0.2, 0) is 11.2 Å². The Morgan fingerprint density at radius 3 is 2.61 bits per heavy atom. The Morgan fingerprint density at radius 1 is 1.13 bits per heavy atom. The van der Waals surface area contributed by atoms with Gasteiger partial charge in [0, 0.05) is 6.42 Å². The molecule has 6 nitrogen and oxygen atoms in total. The van der Waals surface area contributed by atoms with E-state index in [2.05, 4.69) is 15.5 Å². The zero-order chi connectivity index (χ0) is 16.2. The van der Waals surface area contributed by atoms with Crippen molar-refractivity contribution < 1.29 is 13.6 Å². The van der Waals surface area contributed by atoms with Crippen molar-refractivity contribution in [3.05, 3.63) is 53.5 Å². The number of carbonyl (C=O) groups excluding carboxylic acids is 1. The number of nitrogens with zero attached hydrogens (tertiary/aromatic N) is 2. The van der Waals surface area contributed by atoms with Gasteiger partial charge in [0.25, 0.3) is 5.89 Å². The van der Waals surface area contributed by atoms with E-state index in [1.807, 2.05) is 50.2 Å². The standard InChI is InChI=1S/C17H17N3O3/c1-11-10-14(12(2)22-11)16-19-20-17(23-16)18-15(21)9-8-13-6-4-3-5-7-13/h3-7,10H,8-9H2,1-2H3,(H,18,20,21). The third kappa shape index (κ3) is 3.66. The van der Waals surface area contributed by atoms with Gasteiger partial charge in [0.2, 0.25) is 5.91 Å². The van der Waals surface area contributed by atoms with Crippen LogP contribution in [0.4, 0.5) is 6.01 Å². The average Bonchev–Trinajstić information content (AvgIpc) is 3.12.